The molecule has 0 unspecified atom stereocenters. The SMILES string of the molecule is CCOC(=O)C1CCN(c2cc(NCCCC(=O)O)c3c4c(onc24)-c2ccccc2C3=O)CC1. The number of benzene rings is 2. The van der Waals surface area contributed by atoms with Gasteiger partial charge < -0.3 is 24.6 Å². The fraction of sp³-hybridized carbons (Fsp3) is 0.385. The second kappa shape index (κ2) is 9.40. The van der Waals surface area contributed by atoms with Crippen molar-refractivity contribution in [3.05, 3.63) is 41.5 Å². The second-order valence-corrected chi connectivity index (χ2v) is 8.87. The van der Waals surface area contributed by atoms with Gasteiger partial charge in [-0.2, -0.15) is 0 Å². The lowest BCUT2D eigenvalue weighted by Crippen LogP contribution is -2.37. The topological polar surface area (TPSA) is 122 Å². The van der Waals surface area contributed by atoms with Crippen LogP contribution >= 0.6 is 0 Å². The lowest BCUT2D eigenvalue weighted by atomic mass is 9.86. The number of carbonyl (C=O) groups is 3. The normalized spacial score (nSPS) is 15.2. The number of carboxylic acid groups (broad SMARTS) is 1. The van der Waals surface area contributed by atoms with E-state index in [0.29, 0.717) is 84.5 Å². The number of piperidine rings is 1. The average Bonchev–Trinajstić information content (AvgIpc) is 3.31. The Morgan fingerprint density at radius 1 is 1.23 bits per heavy atom. The largest absolute Gasteiger partial charge is 0.481 e. The fourth-order valence-electron chi connectivity index (χ4n) is 5.00. The molecular weight excluding hydrogens is 450 g/mol. The number of carbonyl (C=O) groups excluding carboxylic acids is 2. The number of hydrogen-bond donors (Lipinski definition) is 2. The number of ketones is 1. The number of esters is 1. The zero-order valence-electron chi connectivity index (χ0n) is 19.5. The van der Waals surface area contributed by atoms with Gasteiger partial charge >= 0.3 is 11.9 Å². The summed E-state index contributed by atoms with van der Waals surface area (Å²) in [5.74, 6) is -0.708. The van der Waals surface area contributed by atoms with Crippen LogP contribution in [0.3, 0.4) is 0 Å². The number of ether oxygens (including phenoxy) is 1. The Kier molecular flexibility index (Phi) is 6.15. The Hall–Kier alpha value is -3.88. The lowest BCUT2D eigenvalue weighted by Gasteiger charge is -2.33. The van der Waals surface area contributed by atoms with Crippen LogP contribution in [0.2, 0.25) is 0 Å². The summed E-state index contributed by atoms with van der Waals surface area (Å²) in [7, 11) is 0. The van der Waals surface area contributed by atoms with Crippen LogP contribution in [0.25, 0.3) is 22.2 Å². The van der Waals surface area contributed by atoms with Gasteiger partial charge in [-0.3, -0.25) is 14.4 Å². The summed E-state index contributed by atoms with van der Waals surface area (Å²) in [5.41, 5.74) is 3.83. The molecular formula is C26H27N3O6. The standard InChI is InChI=1S/C26H27N3O6/c1-2-34-26(33)15-9-12-29(13-10-15)19-14-18(27-11-5-8-20(30)31)21-22-23(19)28-35-25(22)17-7-4-3-6-16(17)24(21)32/h3-4,6-7,14-15,27H,2,5,8-13H2,1H3,(H,30,31). The first-order valence-electron chi connectivity index (χ1n) is 12.0. The molecule has 1 aromatic heterocycles. The second-order valence-electron chi connectivity index (χ2n) is 8.87. The van der Waals surface area contributed by atoms with E-state index in [9.17, 15) is 14.4 Å². The summed E-state index contributed by atoms with van der Waals surface area (Å²) in [6.07, 6.45) is 1.79. The number of rotatable bonds is 8. The smallest absolute Gasteiger partial charge is 0.309 e. The van der Waals surface area contributed by atoms with Crippen molar-refractivity contribution >= 4 is 40.0 Å². The van der Waals surface area contributed by atoms with E-state index >= 15 is 0 Å². The molecule has 9 heteroatoms. The number of aromatic nitrogens is 1. The molecule has 1 saturated heterocycles. The summed E-state index contributed by atoms with van der Waals surface area (Å²) in [5, 5.41) is 17.3. The Labute approximate surface area is 202 Å². The summed E-state index contributed by atoms with van der Waals surface area (Å²) in [4.78, 5) is 38.9. The van der Waals surface area contributed by atoms with Gasteiger partial charge in [-0.05, 0) is 32.3 Å². The first-order valence-corrected chi connectivity index (χ1v) is 12.0. The van der Waals surface area contributed by atoms with E-state index in [2.05, 4.69) is 15.4 Å². The third kappa shape index (κ3) is 4.11. The van der Waals surface area contributed by atoms with E-state index < -0.39 is 5.97 Å². The van der Waals surface area contributed by atoms with Crippen molar-refractivity contribution in [1.29, 1.82) is 0 Å². The summed E-state index contributed by atoms with van der Waals surface area (Å²) < 4.78 is 11.0. The molecule has 0 saturated carbocycles. The Balaban J connectivity index is 1.54. The van der Waals surface area contributed by atoms with Crippen LogP contribution < -0.4 is 10.2 Å². The molecule has 0 atom stereocenters. The molecule has 2 heterocycles. The fourth-order valence-corrected chi connectivity index (χ4v) is 5.00. The van der Waals surface area contributed by atoms with E-state index in [-0.39, 0.29) is 24.1 Å². The molecule has 9 nitrogen and oxygen atoms in total. The van der Waals surface area contributed by atoms with Crippen LogP contribution in [-0.4, -0.2) is 54.2 Å². The van der Waals surface area contributed by atoms with Crippen LogP contribution in [-0.2, 0) is 14.3 Å². The summed E-state index contributed by atoms with van der Waals surface area (Å²) in [6.45, 7) is 3.87. The zero-order valence-corrected chi connectivity index (χ0v) is 19.5. The maximum absolute atomic E-state index is 13.6. The Bertz CT molecular complexity index is 1310. The van der Waals surface area contributed by atoms with Gasteiger partial charge in [0, 0.05) is 42.9 Å². The minimum Gasteiger partial charge on any atom is -0.481 e. The molecule has 5 rings (SSSR count). The molecule has 2 N–H and O–H groups in total. The molecule has 1 fully saturated rings. The molecule has 2 aromatic carbocycles. The number of anilines is 2. The van der Waals surface area contributed by atoms with Crippen LogP contribution in [0.5, 0.6) is 0 Å². The molecule has 0 spiro atoms. The van der Waals surface area contributed by atoms with Gasteiger partial charge in [-0.25, -0.2) is 0 Å². The third-order valence-electron chi connectivity index (χ3n) is 6.72. The van der Waals surface area contributed by atoms with Gasteiger partial charge in [-0.1, -0.05) is 29.4 Å². The van der Waals surface area contributed by atoms with E-state index in [1.165, 1.54) is 0 Å². The number of nitrogens with zero attached hydrogens (tertiary/aromatic N) is 2. The van der Waals surface area contributed by atoms with Crippen LogP contribution in [0, 0.1) is 5.92 Å². The first-order chi connectivity index (χ1) is 17.0. The summed E-state index contributed by atoms with van der Waals surface area (Å²) in [6, 6.07) is 9.21. The predicted molar refractivity (Wildman–Crippen MR) is 130 cm³/mol. The van der Waals surface area contributed by atoms with Crippen LogP contribution in [0.4, 0.5) is 11.4 Å². The monoisotopic (exact) mass is 477 g/mol. The Morgan fingerprint density at radius 2 is 1.97 bits per heavy atom. The maximum atomic E-state index is 13.6. The van der Waals surface area contributed by atoms with Crippen molar-refractivity contribution in [2.75, 3.05) is 36.5 Å². The van der Waals surface area contributed by atoms with Crippen LogP contribution in [0.1, 0.15) is 48.5 Å². The number of carboxylic acids is 1. The van der Waals surface area contributed by atoms with E-state index in [0.717, 1.165) is 5.69 Å². The minimum atomic E-state index is -0.861. The minimum absolute atomic E-state index is 0.0358. The average molecular weight is 478 g/mol. The number of nitrogens with one attached hydrogen (secondary N) is 1. The highest BCUT2D eigenvalue weighted by Gasteiger charge is 2.34. The van der Waals surface area contributed by atoms with Gasteiger partial charge in [0.1, 0.15) is 5.52 Å². The summed E-state index contributed by atoms with van der Waals surface area (Å²) >= 11 is 0. The van der Waals surface area contributed by atoms with Gasteiger partial charge in [-0.15, -0.1) is 0 Å². The molecule has 3 aromatic rings. The highest BCUT2D eigenvalue weighted by molar-refractivity contribution is 6.28. The van der Waals surface area contributed by atoms with Crippen molar-refractivity contribution < 1.29 is 28.8 Å². The van der Waals surface area contributed by atoms with Gasteiger partial charge in [0.05, 0.1) is 29.2 Å². The van der Waals surface area contributed by atoms with Crippen molar-refractivity contribution in [3.63, 3.8) is 0 Å². The molecule has 1 aliphatic heterocycles. The molecule has 0 radical (unpaired) electrons. The maximum Gasteiger partial charge on any atom is 0.309 e. The highest BCUT2D eigenvalue weighted by Crippen LogP contribution is 2.46. The number of hydrogen-bond acceptors (Lipinski definition) is 8. The number of fused-ring (bicyclic) bond motifs is 2. The van der Waals surface area contributed by atoms with Gasteiger partial charge in [0.15, 0.2) is 11.5 Å². The number of aliphatic carboxylic acids is 1. The molecule has 2 aliphatic rings. The first kappa shape index (κ1) is 22.9. The quantitative estimate of drug-likeness (QED) is 0.285. The molecule has 0 amide bonds. The van der Waals surface area contributed by atoms with E-state index in [1.54, 1.807) is 6.07 Å². The van der Waals surface area contributed by atoms with Crippen molar-refractivity contribution in [3.8, 4) is 11.3 Å². The Morgan fingerprint density at radius 3 is 2.69 bits per heavy atom. The lowest BCUT2D eigenvalue weighted by molar-refractivity contribution is -0.148. The van der Waals surface area contributed by atoms with E-state index in [4.69, 9.17) is 14.4 Å². The van der Waals surface area contributed by atoms with Crippen molar-refractivity contribution in [1.82, 2.24) is 5.16 Å². The third-order valence-corrected chi connectivity index (χ3v) is 6.72. The zero-order chi connectivity index (χ0) is 24.5. The molecule has 35 heavy (non-hydrogen) atoms. The van der Waals surface area contributed by atoms with Gasteiger partial charge in [0.2, 0.25) is 0 Å². The van der Waals surface area contributed by atoms with Gasteiger partial charge in [0.25, 0.3) is 0 Å². The van der Waals surface area contributed by atoms with Crippen LogP contribution in [0.15, 0.2) is 34.9 Å². The molecule has 0 bridgehead atoms. The molecule has 1 aliphatic carbocycles. The van der Waals surface area contributed by atoms with E-state index in [1.807, 2.05) is 31.2 Å². The predicted octanol–water partition coefficient (Wildman–Crippen LogP) is 4.10. The van der Waals surface area contributed by atoms with Crippen molar-refractivity contribution in [2.45, 2.75) is 32.6 Å². The van der Waals surface area contributed by atoms with Crippen molar-refractivity contribution in [2.24, 2.45) is 5.92 Å². The highest BCUT2D eigenvalue weighted by atomic mass is 16.5. The molecule has 182 valence electrons.